The van der Waals surface area contributed by atoms with E-state index in [1.807, 2.05) is 18.2 Å². The van der Waals surface area contributed by atoms with E-state index in [1.54, 1.807) is 0 Å². The van der Waals surface area contributed by atoms with Gasteiger partial charge < -0.3 is 4.74 Å². The minimum absolute atomic E-state index is 0.356. The van der Waals surface area contributed by atoms with Crippen LogP contribution in [-0.2, 0) is 4.74 Å². The van der Waals surface area contributed by atoms with Crippen LogP contribution in [0.15, 0.2) is 35.3 Å². The molecule has 2 atom stereocenters. The molecule has 1 aromatic carbocycles. The molecule has 1 fully saturated rings. The summed E-state index contributed by atoms with van der Waals surface area (Å²) in [4.78, 5) is 4.67. The van der Waals surface area contributed by atoms with Crippen LogP contribution in [-0.4, -0.2) is 18.0 Å². The molecular weight excluding hydrogens is 186 g/mol. The summed E-state index contributed by atoms with van der Waals surface area (Å²) < 4.78 is 5.90. The summed E-state index contributed by atoms with van der Waals surface area (Å²) in [6.07, 6.45) is 5.31. The molecule has 0 unspecified atom stereocenters. The molecule has 0 bridgehead atoms. The third-order valence-electron chi connectivity index (χ3n) is 3.23. The lowest BCUT2D eigenvalue weighted by molar-refractivity contribution is 0.153. The van der Waals surface area contributed by atoms with Crippen molar-refractivity contribution in [3.8, 4) is 0 Å². The van der Waals surface area contributed by atoms with Gasteiger partial charge in [-0.1, -0.05) is 24.6 Å². The molecule has 0 radical (unpaired) electrons. The van der Waals surface area contributed by atoms with E-state index in [0.29, 0.717) is 12.1 Å². The summed E-state index contributed by atoms with van der Waals surface area (Å²) in [7, 11) is 0. The molecule has 1 aliphatic carbocycles. The van der Waals surface area contributed by atoms with Crippen molar-refractivity contribution in [2.75, 3.05) is 0 Å². The highest BCUT2D eigenvalue weighted by molar-refractivity contribution is 5.95. The van der Waals surface area contributed by atoms with E-state index in [-0.39, 0.29) is 0 Å². The fraction of sp³-hybridized carbons (Fsp3) is 0.462. The first-order chi connectivity index (χ1) is 7.43. The maximum atomic E-state index is 5.90. The number of rotatable bonds is 1. The standard InChI is InChI=1S/C13H15NO/c1-2-6-10(7-3-1)13-14-11-8-4-5-9-12(11)15-13/h1-3,6-7,11-12H,4-5,8-9H2/t11-,12+/m0/s1. The van der Waals surface area contributed by atoms with Crippen LogP contribution in [0.4, 0.5) is 0 Å². The van der Waals surface area contributed by atoms with Gasteiger partial charge in [0.2, 0.25) is 5.90 Å². The molecule has 2 aliphatic rings. The highest BCUT2D eigenvalue weighted by Crippen LogP contribution is 2.29. The zero-order valence-corrected chi connectivity index (χ0v) is 8.73. The molecule has 1 aliphatic heterocycles. The molecule has 1 aromatic rings. The lowest BCUT2D eigenvalue weighted by atomic mass is 9.94. The van der Waals surface area contributed by atoms with Gasteiger partial charge in [0.25, 0.3) is 0 Å². The molecule has 0 spiro atoms. The first-order valence-electron chi connectivity index (χ1n) is 5.73. The molecule has 1 heterocycles. The van der Waals surface area contributed by atoms with Gasteiger partial charge in [0, 0.05) is 5.56 Å². The second-order valence-corrected chi connectivity index (χ2v) is 4.31. The van der Waals surface area contributed by atoms with E-state index < -0.39 is 0 Å². The number of ether oxygens (including phenoxy) is 1. The van der Waals surface area contributed by atoms with Crippen molar-refractivity contribution in [2.24, 2.45) is 4.99 Å². The first kappa shape index (κ1) is 8.96. The second-order valence-electron chi connectivity index (χ2n) is 4.31. The summed E-state index contributed by atoms with van der Waals surface area (Å²) in [5.41, 5.74) is 1.12. The Morgan fingerprint density at radius 3 is 2.67 bits per heavy atom. The Labute approximate surface area is 90.0 Å². The van der Waals surface area contributed by atoms with Gasteiger partial charge in [0.1, 0.15) is 6.10 Å². The maximum Gasteiger partial charge on any atom is 0.216 e. The van der Waals surface area contributed by atoms with E-state index in [4.69, 9.17) is 4.74 Å². The van der Waals surface area contributed by atoms with E-state index in [0.717, 1.165) is 11.5 Å². The van der Waals surface area contributed by atoms with Crippen LogP contribution in [0.5, 0.6) is 0 Å². The molecular formula is C13H15NO. The Hall–Kier alpha value is -1.31. The maximum absolute atomic E-state index is 5.90. The molecule has 1 saturated carbocycles. The van der Waals surface area contributed by atoms with E-state index in [2.05, 4.69) is 17.1 Å². The van der Waals surface area contributed by atoms with Crippen molar-refractivity contribution in [3.63, 3.8) is 0 Å². The minimum atomic E-state index is 0.356. The number of hydrogen-bond acceptors (Lipinski definition) is 2. The number of hydrogen-bond donors (Lipinski definition) is 0. The van der Waals surface area contributed by atoms with Crippen molar-refractivity contribution >= 4 is 5.90 Å². The van der Waals surface area contributed by atoms with E-state index >= 15 is 0 Å². The predicted octanol–water partition coefficient (Wildman–Crippen LogP) is 2.77. The topological polar surface area (TPSA) is 21.6 Å². The third-order valence-corrected chi connectivity index (χ3v) is 3.23. The lowest BCUT2D eigenvalue weighted by Gasteiger charge is -2.21. The monoisotopic (exact) mass is 201 g/mol. The zero-order chi connectivity index (χ0) is 10.1. The average molecular weight is 201 g/mol. The van der Waals surface area contributed by atoms with Gasteiger partial charge in [0.05, 0.1) is 6.04 Å². The van der Waals surface area contributed by atoms with Gasteiger partial charge in [-0.15, -0.1) is 0 Å². The van der Waals surface area contributed by atoms with Crippen LogP contribution in [0.3, 0.4) is 0 Å². The van der Waals surface area contributed by atoms with Crippen molar-refractivity contribution < 1.29 is 4.74 Å². The van der Waals surface area contributed by atoms with Crippen molar-refractivity contribution in [2.45, 2.75) is 37.8 Å². The van der Waals surface area contributed by atoms with Gasteiger partial charge in [-0.2, -0.15) is 0 Å². The molecule has 0 saturated heterocycles. The Kier molecular flexibility index (Phi) is 2.20. The van der Waals surface area contributed by atoms with Crippen molar-refractivity contribution in [3.05, 3.63) is 35.9 Å². The Balaban J connectivity index is 1.84. The molecule has 0 amide bonds. The SMILES string of the molecule is c1ccc(C2=N[C@H]3CCCC[C@H]3O2)cc1. The summed E-state index contributed by atoms with van der Waals surface area (Å²) in [5.74, 6) is 0.854. The normalized spacial score (nSPS) is 29.2. The molecule has 15 heavy (non-hydrogen) atoms. The van der Waals surface area contributed by atoms with Gasteiger partial charge in [0.15, 0.2) is 0 Å². The van der Waals surface area contributed by atoms with Crippen LogP contribution in [0.1, 0.15) is 31.2 Å². The predicted molar refractivity (Wildman–Crippen MR) is 60.1 cm³/mol. The van der Waals surface area contributed by atoms with Gasteiger partial charge >= 0.3 is 0 Å². The number of benzene rings is 1. The summed E-state index contributed by atoms with van der Waals surface area (Å²) in [6.45, 7) is 0. The Morgan fingerprint density at radius 2 is 1.87 bits per heavy atom. The van der Waals surface area contributed by atoms with Crippen molar-refractivity contribution in [1.82, 2.24) is 0 Å². The largest absolute Gasteiger partial charge is 0.472 e. The molecule has 0 aromatic heterocycles. The molecule has 2 nitrogen and oxygen atoms in total. The summed E-state index contributed by atoms with van der Waals surface area (Å²) >= 11 is 0. The fourth-order valence-electron chi connectivity index (χ4n) is 2.41. The summed E-state index contributed by atoms with van der Waals surface area (Å²) in [6, 6.07) is 10.6. The first-order valence-corrected chi connectivity index (χ1v) is 5.73. The molecule has 3 rings (SSSR count). The van der Waals surface area contributed by atoms with Crippen molar-refractivity contribution in [1.29, 1.82) is 0 Å². The second kappa shape index (κ2) is 3.69. The zero-order valence-electron chi connectivity index (χ0n) is 8.73. The highest BCUT2D eigenvalue weighted by atomic mass is 16.5. The Bertz CT molecular complexity index is 371. The van der Waals surface area contributed by atoms with Gasteiger partial charge in [-0.05, 0) is 31.4 Å². The highest BCUT2D eigenvalue weighted by Gasteiger charge is 2.33. The minimum Gasteiger partial charge on any atom is -0.472 e. The number of aliphatic imine (C=N–C) groups is 1. The third kappa shape index (κ3) is 1.65. The molecule has 2 heteroatoms. The fourth-order valence-corrected chi connectivity index (χ4v) is 2.41. The van der Waals surface area contributed by atoms with Gasteiger partial charge in [-0.3, -0.25) is 0 Å². The van der Waals surface area contributed by atoms with E-state index in [1.165, 1.54) is 25.7 Å². The smallest absolute Gasteiger partial charge is 0.216 e. The lowest BCUT2D eigenvalue weighted by Crippen LogP contribution is -2.26. The Morgan fingerprint density at radius 1 is 1.07 bits per heavy atom. The van der Waals surface area contributed by atoms with Crippen LogP contribution >= 0.6 is 0 Å². The average Bonchev–Trinajstić information content (AvgIpc) is 2.74. The van der Waals surface area contributed by atoms with Gasteiger partial charge in [-0.25, -0.2) is 4.99 Å². The van der Waals surface area contributed by atoms with Crippen LogP contribution in [0, 0.1) is 0 Å². The van der Waals surface area contributed by atoms with E-state index in [9.17, 15) is 0 Å². The van der Waals surface area contributed by atoms with Crippen LogP contribution < -0.4 is 0 Å². The number of fused-ring (bicyclic) bond motifs is 1. The van der Waals surface area contributed by atoms with Crippen LogP contribution in [0.2, 0.25) is 0 Å². The number of nitrogens with zero attached hydrogens (tertiary/aromatic N) is 1. The summed E-state index contributed by atoms with van der Waals surface area (Å²) in [5, 5.41) is 0. The quantitative estimate of drug-likeness (QED) is 0.684. The molecule has 0 N–H and O–H groups in total. The van der Waals surface area contributed by atoms with Crippen LogP contribution in [0.25, 0.3) is 0 Å². The molecule has 78 valence electrons.